The van der Waals surface area contributed by atoms with E-state index in [4.69, 9.17) is 0 Å². The third-order valence-electron chi connectivity index (χ3n) is 4.30. The van der Waals surface area contributed by atoms with Crippen LogP contribution in [0.4, 0.5) is 10.1 Å². The second-order valence-corrected chi connectivity index (χ2v) is 8.28. The van der Waals surface area contributed by atoms with Gasteiger partial charge in [-0.1, -0.05) is 41.9 Å². The molecular weight excluding hydrogens is 453 g/mol. The van der Waals surface area contributed by atoms with Crippen LogP contribution in [0.5, 0.6) is 0 Å². The highest BCUT2D eigenvalue weighted by Crippen LogP contribution is 2.18. The standard InChI is InChI=1S/C22H27BrFN3O3/c1-15(2)12-25-22(30)18-5-3-4-6-20(18)26-21(29)14-27(9-10-28)13-16-11-17(23)7-8-19(16)24/h3-8,11,15,28H,9-10,12-14H2,1-2H3,(H,25,30)(H,26,29). The molecule has 0 radical (unpaired) electrons. The number of anilines is 1. The van der Waals surface area contributed by atoms with Gasteiger partial charge in [0.15, 0.2) is 0 Å². The SMILES string of the molecule is CC(C)CNC(=O)c1ccccc1NC(=O)CN(CCO)Cc1cc(Br)ccc1F. The molecule has 0 aromatic heterocycles. The number of benzene rings is 2. The fourth-order valence-electron chi connectivity index (χ4n) is 2.84. The molecule has 0 aliphatic carbocycles. The normalized spacial score (nSPS) is 11.0. The molecule has 0 unspecified atom stereocenters. The van der Waals surface area contributed by atoms with Gasteiger partial charge in [-0.2, -0.15) is 0 Å². The Morgan fingerprint density at radius 3 is 2.63 bits per heavy atom. The Hall–Kier alpha value is -2.29. The van der Waals surface area contributed by atoms with Crippen LogP contribution in [0.1, 0.15) is 29.8 Å². The average molecular weight is 480 g/mol. The Labute approximate surface area is 184 Å². The average Bonchev–Trinajstić information content (AvgIpc) is 2.69. The molecule has 0 saturated heterocycles. The number of aliphatic hydroxyl groups excluding tert-OH is 1. The van der Waals surface area contributed by atoms with Gasteiger partial charge in [0, 0.05) is 29.7 Å². The molecule has 0 spiro atoms. The fraction of sp³-hybridized carbons (Fsp3) is 0.364. The van der Waals surface area contributed by atoms with E-state index in [1.54, 1.807) is 41.3 Å². The Bertz CT molecular complexity index is 876. The molecule has 0 bridgehead atoms. The highest BCUT2D eigenvalue weighted by Gasteiger charge is 2.17. The molecule has 0 aliphatic rings. The topological polar surface area (TPSA) is 81.7 Å². The van der Waals surface area contributed by atoms with E-state index in [0.29, 0.717) is 29.3 Å². The number of hydrogen-bond acceptors (Lipinski definition) is 4. The molecule has 6 nitrogen and oxygen atoms in total. The first-order valence-electron chi connectivity index (χ1n) is 9.74. The van der Waals surface area contributed by atoms with Gasteiger partial charge in [0.25, 0.3) is 5.91 Å². The Balaban J connectivity index is 2.07. The summed E-state index contributed by atoms with van der Waals surface area (Å²) in [5, 5.41) is 14.9. The molecule has 0 atom stereocenters. The van der Waals surface area contributed by atoms with Gasteiger partial charge in [-0.3, -0.25) is 14.5 Å². The molecule has 0 fully saturated rings. The van der Waals surface area contributed by atoms with E-state index in [1.807, 2.05) is 13.8 Å². The summed E-state index contributed by atoms with van der Waals surface area (Å²) in [4.78, 5) is 26.7. The maximum Gasteiger partial charge on any atom is 0.253 e. The van der Waals surface area contributed by atoms with Crippen molar-refractivity contribution in [2.75, 3.05) is 31.6 Å². The van der Waals surface area contributed by atoms with Gasteiger partial charge in [0.1, 0.15) is 5.82 Å². The van der Waals surface area contributed by atoms with Crippen LogP contribution in [0, 0.1) is 11.7 Å². The van der Waals surface area contributed by atoms with Crippen molar-refractivity contribution in [2.24, 2.45) is 5.92 Å². The van der Waals surface area contributed by atoms with E-state index in [0.717, 1.165) is 4.47 Å². The number of nitrogens with one attached hydrogen (secondary N) is 2. The summed E-state index contributed by atoms with van der Waals surface area (Å²) < 4.78 is 14.8. The van der Waals surface area contributed by atoms with Gasteiger partial charge in [0.05, 0.1) is 24.4 Å². The number of halogens is 2. The molecule has 8 heteroatoms. The molecule has 3 N–H and O–H groups in total. The minimum atomic E-state index is -0.381. The molecule has 2 amide bonds. The number of carbonyl (C=O) groups is 2. The molecule has 162 valence electrons. The Morgan fingerprint density at radius 2 is 1.93 bits per heavy atom. The van der Waals surface area contributed by atoms with E-state index in [2.05, 4.69) is 26.6 Å². The van der Waals surface area contributed by atoms with Crippen molar-refractivity contribution in [1.82, 2.24) is 10.2 Å². The van der Waals surface area contributed by atoms with Crippen LogP contribution in [0.3, 0.4) is 0 Å². The predicted octanol–water partition coefficient (Wildman–Crippen LogP) is 3.41. The minimum absolute atomic E-state index is 0.0611. The molecule has 2 rings (SSSR count). The van der Waals surface area contributed by atoms with Crippen molar-refractivity contribution < 1.29 is 19.1 Å². The lowest BCUT2D eigenvalue weighted by molar-refractivity contribution is -0.117. The lowest BCUT2D eigenvalue weighted by atomic mass is 10.1. The van der Waals surface area contributed by atoms with Gasteiger partial charge >= 0.3 is 0 Å². The molecule has 2 aromatic carbocycles. The highest BCUT2D eigenvalue weighted by atomic mass is 79.9. The van der Waals surface area contributed by atoms with Gasteiger partial charge < -0.3 is 15.7 Å². The third-order valence-corrected chi connectivity index (χ3v) is 4.80. The van der Waals surface area contributed by atoms with Crippen LogP contribution in [0.15, 0.2) is 46.9 Å². The summed E-state index contributed by atoms with van der Waals surface area (Å²) in [5.74, 6) is -0.694. The Morgan fingerprint density at radius 1 is 1.20 bits per heavy atom. The van der Waals surface area contributed by atoms with Crippen LogP contribution in [-0.4, -0.2) is 48.1 Å². The van der Waals surface area contributed by atoms with Gasteiger partial charge in [-0.05, 0) is 36.2 Å². The van der Waals surface area contributed by atoms with Gasteiger partial charge in [0.2, 0.25) is 5.91 Å². The lowest BCUT2D eigenvalue weighted by Gasteiger charge is -2.21. The van der Waals surface area contributed by atoms with E-state index < -0.39 is 0 Å². The summed E-state index contributed by atoms with van der Waals surface area (Å²) in [5.41, 5.74) is 1.19. The largest absolute Gasteiger partial charge is 0.395 e. The van der Waals surface area contributed by atoms with Gasteiger partial charge in [-0.15, -0.1) is 0 Å². The van der Waals surface area contributed by atoms with Crippen molar-refractivity contribution in [3.05, 3.63) is 63.9 Å². The van der Waals surface area contributed by atoms with Crippen LogP contribution in [0.2, 0.25) is 0 Å². The lowest BCUT2D eigenvalue weighted by Crippen LogP contribution is -2.35. The van der Waals surface area contributed by atoms with Crippen molar-refractivity contribution >= 4 is 33.4 Å². The zero-order valence-corrected chi connectivity index (χ0v) is 18.7. The number of amides is 2. The second-order valence-electron chi connectivity index (χ2n) is 7.37. The number of nitrogens with zero attached hydrogens (tertiary/aromatic N) is 1. The summed E-state index contributed by atoms with van der Waals surface area (Å²) in [6, 6.07) is 11.4. The van der Waals surface area contributed by atoms with Crippen LogP contribution in [-0.2, 0) is 11.3 Å². The minimum Gasteiger partial charge on any atom is -0.395 e. The van der Waals surface area contributed by atoms with E-state index in [-0.39, 0.29) is 43.9 Å². The Kier molecular flexibility index (Phi) is 9.42. The van der Waals surface area contributed by atoms with Gasteiger partial charge in [-0.25, -0.2) is 4.39 Å². The van der Waals surface area contributed by atoms with E-state index in [9.17, 15) is 19.1 Å². The number of hydrogen-bond donors (Lipinski definition) is 3. The maximum atomic E-state index is 14.1. The number of para-hydroxylation sites is 1. The van der Waals surface area contributed by atoms with Crippen molar-refractivity contribution in [3.63, 3.8) is 0 Å². The highest BCUT2D eigenvalue weighted by molar-refractivity contribution is 9.10. The zero-order valence-electron chi connectivity index (χ0n) is 17.1. The summed E-state index contributed by atoms with van der Waals surface area (Å²) in [7, 11) is 0. The van der Waals surface area contributed by atoms with Crippen LogP contribution in [0.25, 0.3) is 0 Å². The van der Waals surface area contributed by atoms with Crippen LogP contribution < -0.4 is 10.6 Å². The fourth-order valence-corrected chi connectivity index (χ4v) is 3.24. The number of rotatable bonds is 10. The smallest absolute Gasteiger partial charge is 0.253 e. The predicted molar refractivity (Wildman–Crippen MR) is 119 cm³/mol. The molecule has 2 aromatic rings. The van der Waals surface area contributed by atoms with Crippen molar-refractivity contribution in [3.8, 4) is 0 Å². The number of aliphatic hydroxyl groups is 1. The second kappa shape index (κ2) is 11.8. The zero-order chi connectivity index (χ0) is 22.1. The summed E-state index contributed by atoms with van der Waals surface area (Å²) in [6.45, 7) is 4.66. The van der Waals surface area contributed by atoms with Crippen LogP contribution >= 0.6 is 15.9 Å². The summed E-state index contributed by atoms with van der Waals surface area (Å²) in [6.07, 6.45) is 0. The summed E-state index contributed by atoms with van der Waals surface area (Å²) >= 11 is 3.31. The number of carbonyl (C=O) groups excluding carboxylic acids is 2. The maximum absolute atomic E-state index is 14.1. The molecule has 0 heterocycles. The first-order chi connectivity index (χ1) is 14.3. The monoisotopic (exact) mass is 479 g/mol. The van der Waals surface area contributed by atoms with E-state index in [1.165, 1.54) is 6.07 Å². The van der Waals surface area contributed by atoms with E-state index >= 15 is 0 Å². The third kappa shape index (κ3) is 7.51. The van der Waals surface area contributed by atoms with Crippen molar-refractivity contribution in [1.29, 1.82) is 0 Å². The quantitative estimate of drug-likeness (QED) is 0.487. The molecule has 0 aliphatic heterocycles. The molecule has 0 saturated carbocycles. The molecule has 30 heavy (non-hydrogen) atoms. The first-order valence-corrected chi connectivity index (χ1v) is 10.5. The first kappa shape index (κ1) is 24.0. The molecular formula is C22H27BrFN3O3. The van der Waals surface area contributed by atoms with Crippen molar-refractivity contribution in [2.45, 2.75) is 20.4 Å².